The topological polar surface area (TPSA) is 76.2 Å². The summed E-state index contributed by atoms with van der Waals surface area (Å²) >= 11 is 0. The third-order valence-electron chi connectivity index (χ3n) is 9.29. The van der Waals surface area contributed by atoms with Gasteiger partial charge in [-0.05, 0) is 66.5 Å². The van der Waals surface area contributed by atoms with Crippen molar-refractivity contribution >= 4 is 22.3 Å². The number of rotatable bonds is 14. The van der Waals surface area contributed by atoms with Gasteiger partial charge in [0.05, 0.1) is 41.9 Å². The van der Waals surface area contributed by atoms with E-state index in [1.165, 1.54) is 29.8 Å². The second kappa shape index (κ2) is 14.0. The zero-order valence-corrected chi connectivity index (χ0v) is 28.1. The van der Waals surface area contributed by atoms with Crippen LogP contribution in [0.4, 0.5) is 11.4 Å². The number of anilines is 2. The van der Waals surface area contributed by atoms with Gasteiger partial charge in [0.1, 0.15) is 5.58 Å². The molecule has 1 saturated carbocycles. The Kier molecular flexibility index (Phi) is 9.82. The second-order valence-corrected chi connectivity index (χ2v) is 14.0. The van der Waals surface area contributed by atoms with E-state index in [1.807, 2.05) is 30.0 Å². The molecule has 4 heterocycles. The number of nitrogens with zero attached hydrogens (tertiary/aromatic N) is 5. The van der Waals surface area contributed by atoms with Crippen LogP contribution in [-0.2, 0) is 35.7 Å². The van der Waals surface area contributed by atoms with Gasteiger partial charge in [0, 0.05) is 84.5 Å². The van der Waals surface area contributed by atoms with Crippen LogP contribution in [0.25, 0.3) is 11.0 Å². The smallest absolute Gasteiger partial charge is 0.261 e. The molecule has 0 saturated heterocycles. The molecule has 1 aliphatic heterocycles. The van der Waals surface area contributed by atoms with E-state index in [0.717, 1.165) is 55.5 Å². The Morgan fingerprint density at radius 2 is 1.85 bits per heavy atom. The summed E-state index contributed by atoms with van der Waals surface area (Å²) in [6.07, 6.45) is 7.98. The van der Waals surface area contributed by atoms with Gasteiger partial charge in [-0.15, -0.1) is 0 Å². The summed E-state index contributed by atoms with van der Waals surface area (Å²) in [5, 5.41) is 0.628. The van der Waals surface area contributed by atoms with Gasteiger partial charge >= 0.3 is 0 Å². The number of hydrogen-bond donors (Lipinski definition) is 0. The first-order chi connectivity index (χ1) is 22.2. The SMILES string of the molecule is COCCN1CC(C)(C)CN(CC2CC2)c2cc(CN(CCn3cc(C)c4occc4c3=O)Cc3cccnc3COC)ccc21. The molecule has 3 aromatic heterocycles. The van der Waals surface area contributed by atoms with Crippen molar-refractivity contribution in [2.75, 3.05) is 63.4 Å². The normalized spacial score (nSPS) is 16.3. The standard InChI is InChI=1S/C37H49N5O4/c1-27-20-40(36(43)31-12-17-46-35(27)31)15-14-39(23-30-7-6-13-38-32(30)24-45-5)21-29-10-11-33-34(19-29)42(22-28-8-9-28)26-37(2,3)25-41(33)16-18-44-4/h6-7,10-13,17,19-20,28H,8-9,14-16,18,21-26H2,1-5H3. The predicted molar refractivity (Wildman–Crippen MR) is 184 cm³/mol. The molecule has 0 atom stereocenters. The van der Waals surface area contributed by atoms with E-state index < -0.39 is 0 Å². The van der Waals surface area contributed by atoms with E-state index >= 15 is 0 Å². The van der Waals surface area contributed by atoms with Gasteiger partial charge in [0.2, 0.25) is 0 Å². The maximum Gasteiger partial charge on any atom is 0.261 e. The summed E-state index contributed by atoms with van der Waals surface area (Å²) in [7, 11) is 3.49. The van der Waals surface area contributed by atoms with Gasteiger partial charge in [0.15, 0.2) is 0 Å². The molecule has 0 unspecified atom stereocenters. The second-order valence-electron chi connectivity index (χ2n) is 14.0. The molecule has 0 amide bonds. The first kappa shape index (κ1) is 32.3. The molecule has 6 rings (SSSR count). The molecule has 4 aromatic rings. The average molecular weight is 628 g/mol. The fourth-order valence-corrected chi connectivity index (χ4v) is 6.92. The predicted octanol–water partition coefficient (Wildman–Crippen LogP) is 5.86. The van der Waals surface area contributed by atoms with Crippen LogP contribution in [0.3, 0.4) is 0 Å². The molecule has 1 aliphatic carbocycles. The largest absolute Gasteiger partial charge is 0.464 e. The lowest BCUT2D eigenvalue weighted by Crippen LogP contribution is -2.40. The Bertz CT molecular complexity index is 1690. The molecular weight excluding hydrogens is 578 g/mol. The van der Waals surface area contributed by atoms with Crippen molar-refractivity contribution in [2.24, 2.45) is 11.3 Å². The lowest BCUT2D eigenvalue weighted by Gasteiger charge is -2.32. The molecule has 0 spiro atoms. The molecule has 9 heteroatoms. The van der Waals surface area contributed by atoms with Crippen LogP contribution >= 0.6 is 0 Å². The van der Waals surface area contributed by atoms with Crippen molar-refractivity contribution in [1.82, 2.24) is 14.5 Å². The van der Waals surface area contributed by atoms with Crippen molar-refractivity contribution in [3.63, 3.8) is 0 Å². The Labute approximate surface area is 272 Å². The lowest BCUT2D eigenvalue weighted by atomic mass is 9.92. The Morgan fingerprint density at radius 3 is 2.63 bits per heavy atom. The summed E-state index contributed by atoms with van der Waals surface area (Å²) in [5.41, 5.74) is 7.71. The summed E-state index contributed by atoms with van der Waals surface area (Å²) in [6.45, 7) is 14.6. The number of hydrogen-bond acceptors (Lipinski definition) is 8. The van der Waals surface area contributed by atoms with Crippen LogP contribution in [0.15, 0.2) is 64.3 Å². The number of aromatic nitrogens is 2. The molecule has 0 radical (unpaired) electrons. The highest BCUT2D eigenvalue weighted by molar-refractivity contribution is 5.78. The highest BCUT2D eigenvalue weighted by Crippen LogP contribution is 2.41. The number of aryl methyl sites for hydroxylation is 1. The van der Waals surface area contributed by atoms with Crippen LogP contribution in [0.2, 0.25) is 0 Å². The number of ether oxygens (including phenoxy) is 2. The van der Waals surface area contributed by atoms with Gasteiger partial charge in [-0.1, -0.05) is 26.0 Å². The minimum absolute atomic E-state index is 0.0183. The zero-order valence-electron chi connectivity index (χ0n) is 28.1. The van der Waals surface area contributed by atoms with Crippen molar-refractivity contribution in [2.45, 2.75) is 59.9 Å². The van der Waals surface area contributed by atoms with Crippen LogP contribution in [-0.4, -0.2) is 68.0 Å². The number of furan rings is 1. The van der Waals surface area contributed by atoms with Crippen molar-refractivity contribution < 1.29 is 13.9 Å². The fourth-order valence-electron chi connectivity index (χ4n) is 6.92. The maximum absolute atomic E-state index is 13.3. The van der Waals surface area contributed by atoms with Gasteiger partial charge in [-0.3, -0.25) is 14.7 Å². The molecule has 9 nitrogen and oxygen atoms in total. The molecular formula is C37H49N5O4. The number of pyridine rings is 2. The minimum atomic E-state index is -0.0183. The molecule has 0 bridgehead atoms. The first-order valence-corrected chi connectivity index (χ1v) is 16.6. The van der Waals surface area contributed by atoms with Gasteiger partial charge in [0.25, 0.3) is 5.56 Å². The fraction of sp³-hybridized carbons (Fsp3) is 0.514. The van der Waals surface area contributed by atoms with Crippen molar-refractivity contribution in [3.8, 4) is 0 Å². The monoisotopic (exact) mass is 627 g/mol. The lowest BCUT2D eigenvalue weighted by molar-refractivity contribution is 0.178. The van der Waals surface area contributed by atoms with Crippen LogP contribution < -0.4 is 15.4 Å². The molecule has 1 fully saturated rings. The Hall–Kier alpha value is -3.66. The van der Waals surface area contributed by atoms with E-state index in [1.54, 1.807) is 26.5 Å². The molecule has 246 valence electrons. The summed E-state index contributed by atoms with van der Waals surface area (Å²) in [4.78, 5) is 25.5. The van der Waals surface area contributed by atoms with Crippen molar-refractivity contribution in [1.29, 1.82) is 0 Å². The van der Waals surface area contributed by atoms with E-state index in [-0.39, 0.29) is 11.0 Å². The van der Waals surface area contributed by atoms with Crippen LogP contribution in [0, 0.1) is 18.3 Å². The van der Waals surface area contributed by atoms with Crippen LogP contribution in [0.1, 0.15) is 49.1 Å². The summed E-state index contributed by atoms with van der Waals surface area (Å²) in [6, 6.07) is 12.9. The van der Waals surface area contributed by atoms with E-state index in [2.05, 4.69) is 57.8 Å². The van der Waals surface area contributed by atoms with Gasteiger partial charge < -0.3 is 28.3 Å². The van der Waals surface area contributed by atoms with Crippen LogP contribution in [0.5, 0.6) is 0 Å². The molecule has 0 N–H and O–H groups in total. The van der Waals surface area contributed by atoms with Gasteiger partial charge in [-0.2, -0.15) is 0 Å². The third kappa shape index (κ3) is 7.48. The van der Waals surface area contributed by atoms with Gasteiger partial charge in [-0.25, -0.2) is 0 Å². The highest BCUT2D eigenvalue weighted by Gasteiger charge is 2.34. The maximum atomic E-state index is 13.3. The minimum Gasteiger partial charge on any atom is -0.464 e. The van der Waals surface area contributed by atoms with Crippen molar-refractivity contribution in [3.05, 3.63) is 87.8 Å². The Balaban J connectivity index is 1.32. The highest BCUT2D eigenvalue weighted by atomic mass is 16.5. The molecule has 46 heavy (non-hydrogen) atoms. The number of methoxy groups -OCH3 is 2. The average Bonchev–Trinajstić information content (AvgIpc) is 3.72. The number of fused-ring (bicyclic) bond motifs is 2. The number of benzene rings is 1. The first-order valence-electron chi connectivity index (χ1n) is 16.6. The summed E-state index contributed by atoms with van der Waals surface area (Å²) in [5.74, 6) is 0.786. The Morgan fingerprint density at radius 1 is 1.02 bits per heavy atom. The summed E-state index contributed by atoms with van der Waals surface area (Å²) < 4.78 is 18.4. The zero-order chi connectivity index (χ0) is 32.3. The quantitative estimate of drug-likeness (QED) is 0.172. The third-order valence-corrected chi connectivity index (χ3v) is 9.29. The molecule has 1 aromatic carbocycles. The molecule has 2 aliphatic rings. The van der Waals surface area contributed by atoms with E-state index in [0.29, 0.717) is 43.8 Å². The van der Waals surface area contributed by atoms with E-state index in [9.17, 15) is 4.79 Å². The van der Waals surface area contributed by atoms with E-state index in [4.69, 9.17) is 13.9 Å².